The Morgan fingerprint density at radius 1 is 1.21 bits per heavy atom. The maximum Gasteiger partial charge on any atom is 0.391 e. The molecule has 0 atom stereocenters. The third-order valence-electron chi connectivity index (χ3n) is 3.27. The minimum atomic E-state index is -4.17. The molecule has 1 aliphatic rings. The lowest BCUT2D eigenvalue weighted by atomic mass is 9.86. The molecule has 1 aliphatic carbocycles. The third kappa shape index (κ3) is 3.70. The molecule has 1 heterocycles. The van der Waals surface area contributed by atoms with Crippen molar-refractivity contribution in [3.05, 3.63) is 17.5 Å². The van der Waals surface area contributed by atoms with Crippen LogP contribution < -0.4 is 4.72 Å². The van der Waals surface area contributed by atoms with E-state index in [2.05, 4.69) is 4.72 Å². The summed E-state index contributed by atoms with van der Waals surface area (Å²) in [4.78, 5) is 0. The minimum Gasteiger partial charge on any atom is -0.207 e. The van der Waals surface area contributed by atoms with Crippen molar-refractivity contribution in [2.45, 2.75) is 42.1 Å². The number of sulfonamides is 1. The van der Waals surface area contributed by atoms with Crippen LogP contribution in [0.25, 0.3) is 0 Å². The molecule has 2 rings (SSSR count). The normalized spacial score (nSPS) is 25.4. The average molecular weight is 313 g/mol. The van der Waals surface area contributed by atoms with Crippen LogP contribution in [0.5, 0.6) is 0 Å². The fourth-order valence-electron chi connectivity index (χ4n) is 2.23. The fraction of sp³-hybridized carbons (Fsp3) is 0.636. The van der Waals surface area contributed by atoms with Gasteiger partial charge in [0.2, 0.25) is 10.0 Å². The van der Waals surface area contributed by atoms with Gasteiger partial charge in [0.25, 0.3) is 0 Å². The molecule has 1 fully saturated rings. The van der Waals surface area contributed by atoms with Gasteiger partial charge in [0, 0.05) is 6.04 Å². The zero-order valence-corrected chi connectivity index (χ0v) is 11.6. The van der Waals surface area contributed by atoms with Crippen molar-refractivity contribution in [1.82, 2.24) is 4.72 Å². The fourth-order valence-corrected chi connectivity index (χ4v) is 4.55. The van der Waals surface area contributed by atoms with Crippen molar-refractivity contribution in [2.24, 2.45) is 5.92 Å². The third-order valence-corrected chi connectivity index (χ3v) is 6.19. The first kappa shape index (κ1) is 14.8. The first-order valence-corrected chi connectivity index (χ1v) is 8.28. The van der Waals surface area contributed by atoms with E-state index in [0.717, 1.165) is 11.3 Å². The standard InChI is InChI=1S/C11H14F3NO2S2/c12-11(13,14)8-3-5-9(6-4-8)15-19(16,17)10-2-1-7-18-10/h1-2,7-9,15H,3-6H2. The second-order valence-corrected chi connectivity index (χ2v) is 7.53. The summed E-state index contributed by atoms with van der Waals surface area (Å²) in [6.45, 7) is 0. The van der Waals surface area contributed by atoms with E-state index in [1.165, 1.54) is 6.07 Å². The molecule has 0 saturated heterocycles. The van der Waals surface area contributed by atoms with Crippen molar-refractivity contribution in [2.75, 3.05) is 0 Å². The quantitative estimate of drug-likeness (QED) is 0.932. The molecule has 0 radical (unpaired) electrons. The Hall–Kier alpha value is -0.600. The van der Waals surface area contributed by atoms with Gasteiger partial charge in [0.15, 0.2) is 0 Å². The molecule has 0 spiro atoms. The molecule has 0 aromatic carbocycles. The lowest BCUT2D eigenvalue weighted by molar-refractivity contribution is -0.182. The van der Waals surface area contributed by atoms with Crippen molar-refractivity contribution in [1.29, 1.82) is 0 Å². The molecule has 1 aromatic rings. The molecule has 1 saturated carbocycles. The first-order chi connectivity index (χ1) is 8.79. The van der Waals surface area contributed by atoms with Gasteiger partial charge in [-0.2, -0.15) is 13.2 Å². The molecule has 19 heavy (non-hydrogen) atoms. The molecule has 1 aromatic heterocycles. The number of alkyl halides is 3. The number of nitrogens with one attached hydrogen (secondary N) is 1. The highest BCUT2D eigenvalue weighted by Crippen LogP contribution is 2.37. The maximum absolute atomic E-state index is 12.5. The number of hydrogen-bond donors (Lipinski definition) is 1. The van der Waals surface area contributed by atoms with Crippen LogP contribution in [0.2, 0.25) is 0 Å². The van der Waals surface area contributed by atoms with E-state index in [0.29, 0.717) is 0 Å². The summed E-state index contributed by atoms with van der Waals surface area (Å²) >= 11 is 1.09. The van der Waals surface area contributed by atoms with Gasteiger partial charge in [-0.3, -0.25) is 0 Å². The number of hydrogen-bond acceptors (Lipinski definition) is 3. The SMILES string of the molecule is O=S(=O)(NC1CCC(C(F)(F)F)CC1)c1cccs1. The summed E-state index contributed by atoms with van der Waals surface area (Å²) in [5.41, 5.74) is 0. The lowest BCUT2D eigenvalue weighted by Gasteiger charge is -2.29. The zero-order chi connectivity index (χ0) is 14.1. The van der Waals surface area contributed by atoms with Crippen molar-refractivity contribution in [3.8, 4) is 0 Å². The van der Waals surface area contributed by atoms with E-state index >= 15 is 0 Å². The van der Waals surface area contributed by atoms with E-state index in [1.807, 2.05) is 0 Å². The Morgan fingerprint density at radius 3 is 2.32 bits per heavy atom. The van der Waals surface area contributed by atoms with Crippen molar-refractivity contribution >= 4 is 21.4 Å². The Kier molecular flexibility index (Phi) is 4.22. The Labute approximate surface area is 113 Å². The highest BCUT2D eigenvalue weighted by atomic mass is 32.2. The highest BCUT2D eigenvalue weighted by Gasteiger charge is 2.41. The Bertz CT molecular complexity index is 503. The second kappa shape index (κ2) is 5.41. The predicted octanol–water partition coefficient (Wildman–Crippen LogP) is 3.15. The van der Waals surface area contributed by atoms with Crippen LogP contribution >= 0.6 is 11.3 Å². The molecule has 1 N–H and O–H groups in total. The lowest BCUT2D eigenvalue weighted by Crippen LogP contribution is -2.39. The van der Waals surface area contributed by atoms with E-state index in [9.17, 15) is 21.6 Å². The second-order valence-electron chi connectivity index (χ2n) is 4.64. The van der Waals surface area contributed by atoms with Gasteiger partial charge in [-0.25, -0.2) is 13.1 Å². The summed E-state index contributed by atoms with van der Waals surface area (Å²) in [7, 11) is -3.58. The molecule has 0 amide bonds. The number of thiophene rings is 1. The zero-order valence-electron chi connectivity index (χ0n) is 9.98. The van der Waals surface area contributed by atoms with Crippen LogP contribution in [0.1, 0.15) is 25.7 Å². The van der Waals surface area contributed by atoms with Gasteiger partial charge in [-0.1, -0.05) is 6.07 Å². The predicted molar refractivity (Wildman–Crippen MR) is 66.4 cm³/mol. The van der Waals surface area contributed by atoms with Gasteiger partial charge in [-0.05, 0) is 37.1 Å². The summed E-state index contributed by atoms with van der Waals surface area (Å²) in [6.07, 6.45) is -3.73. The Morgan fingerprint density at radius 2 is 1.84 bits per heavy atom. The van der Waals surface area contributed by atoms with Gasteiger partial charge in [0.1, 0.15) is 4.21 Å². The van der Waals surface area contributed by atoms with E-state index < -0.39 is 28.2 Å². The van der Waals surface area contributed by atoms with Gasteiger partial charge in [-0.15, -0.1) is 11.3 Å². The summed E-state index contributed by atoms with van der Waals surface area (Å²) in [5.74, 6) is -1.30. The van der Waals surface area contributed by atoms with Crippen molar-refractivity contribution < 1.29 is 21.6 Å². The van der Waals surface area contributed by atoms with Crippen molar-refractivity contribution in [3.63, 3.8) is 0 Å². The van der Waals surface area contributed by atoms with Gasteiger partial charge < -0.3 is 0 Å². The summed E-state index contributed by atoms with van der Waals surface area (Å²) in [6, 6.07) is 2.71. The molecular formula is C11H14F3NO2S2. The van der Waals surface area contributed by atoms with Crippen LogP contribution in [0.15, 0.2) is 21.7 Å². The smallest absolute Gasteiger partial charge is 0.207 e. The van der Waals surface area contributed by atoms with Crippen LogP contribution in [-0.4, -0.2) is 20.6 Å². The molecule has 0 aliphatic heterocycles. The molecule has 0 unspecified atom stereocenters. The summed E-state index contributed by atoms with van der Waals surface area (Å²) in [5, 5.41) is 1.65. The van der Waals surface area contributed by atoms with Crippen LogP contribution in [0.4, 0.5) is 13.2 Å². The van der Waals surface area contributed by atoms with Crippen LogP contribution in [0, 0.1) is 5.92 Å². The molecule has 8 heteroatoms. The number of halogens is 3. The first-order valence-electron chi connectivity index (χ1n) is 5.91. The van der Waals surface area contributed by atoms with E-state index in [4.69, 9.17) is 0 Å². The number of rotatable bonds is 3. The minimum absolute atomic E-state index is 0.0128. The van der Waals surface area contributed by atoms with Gasteiger partial charge in [0.05, 0.1) is 5.92 Å². The average Bonchev–Trinajstić information content (AvgIpc) is 2.82. The maximum atomic E-state index is 12.5. The Balaban J connectivity index is 1.93. The highest BCUT2D eigenvalue weighted by molar-refractivity contribution is 7.91. The monoisotopic (exact) mass is 313 g/mol. The largest absolute Gasteiger partial charge is 0.391 e. The molecule has 3 nitrogen and oxygen atoms in total. The van der Waals surface area contributed by atoms with E-state index in [1.54, 1.807) is 11.4 Å². The van der Waals surface area contributed by atoms with Gasteiger partial charge >= 0.3 is 6.18 Å². The topological polar surface area (TPSA) is 46.2 Å². The molecule has 108 valence electrons. The van der Waals surface area contributed by atoms with Crippen LogP contribution in [-0.2, 0) is 10.0 Å². The van der Waals surface area contributed by atoms with Crippen LogP contribution in [0.3, 0.4) is 0 Å². The summed E-state index contributed by atoms with van der Waals surface area (Å²) < 4.78 is 64.0. The molecular weight excluding hydrogens is 299 g/mol. The molecule has 0 bridgehead atoms. The van der Waals surface area contributed by atoms with E-state index in [-0.39, 0.29) is 29.9 Å².